The van der Waals surface area contributed by atoms with Crippen molar-refractivity contribution < 1.29 is 4.79 Å². The largest absolute Gasteiger partial charge is 0.353 e. The second-order valence-electron chi connectivity index (χ2n) is 5.43. The summed E-state index contributed by atoms with van der Waals surface area (Å²) in [6, 6.07) is 4.68. The molecule has 0 bridgehead atoms. The topological polar surface area (TPSA) is 32.3 Å². The van der Waals surface area contributed by atoms with E-state index >= 15 is 0 Å². The molecule has 1 amide bonds. The Kier molecular flexibility index (Phi) is 6.52. The molecular weight excluding hydrogens is 336 g/mol. The van der Waals surface area contributed by atoms with Crippen molar-refractivity contribution >= 4 is 33.2 Å². The summed E-state index contributed by atoms with van der Waals surface area (Å²) in [5.74, 6) is 0.229. The van der Waals surface area contributed by atoms with Gasteiger partial charge >= 0.3 is 0 Å². The van der Waals surface area contributed by atoms with E-state index in [1.54, 1.807) is 0 Å². The van der Waals surface area contributed by atoms with Crippen LogP contribution in [-0.4, -0.2) is 29.9 Å². The summed E-state index contributed by atoms with van der Waals surface area (Å²) in [4.78, 5) is 15.6. The molecule has 1 fully saturated rings. The predicted octanol–water partition coefficient (Wildman–Crippen LogP) is 3.78. The first-order valence-corrected chi connectivity index (χ1v) is 9.04. The normalized spacial score (nSPS) is 17.3. The molecule has 20 heavy (non-hydrogen) atoms. The molecule has 1 saturated heterocycles. The van der Waals surface area contributed by atoms with Crippen LogP contribution in [-0.2, 0) is 11.3 Å². The minimum Gasteiger partial charge on any atom is -0.353 e. The van der Waals surface area contributed by atoms with Gasteiger partial charge in [-0.25, -0.2) is 0 Å². The van der Waals surface area contributed by atoms with Gasteiger partial charge in [0.1, 0.15) is 0 Å². The van der Waals surface area contributed by atoms with Crippen molar-refractivity contribution in [3.05, 3.63) is 20.8 Å². The van der Waals surface area contributed by atoms with Gasteiger partial charge in [0.05, 0.1) is 3.79 Å². The molecule has 1 aliphatic rings. The monoisotopic (exact) mass is 358 g/mol. The Balaban J connectivity index is 1.68. The van der Waals surface area contributed by atoms with E-state index in [0.29, 0.717) is 12.5 Å². The highest BCUT2D eigenvalue weighted by Crippen LogP contribution is 2.24. The zero-order valence-corrected chi connectivity index (χ0v) is 14.4. The van der Waals surface area contributed by atoms with Gasteiger partial charge in [-0.05, 0) is 47.3 Å². The van der Waals surface area contributed by atoms with E-state index in [9.17, 15) is 4.79 Å². The van der Waals surface area contributed by atoms with Crippen molar-refractivity contribution in [2.24, 2.45) is 0 Å². The summed E-state index contributed by atoms with van der Waals surface area (Å²) < 4.78 is 1.20. The molecule has 2 rings (SSSR count). The first-order chi connectivity index (χ1) is 9.67. The quantitative estimate of drug-likeness (QED) is 0.838. The third-order valence-electron chi connectivity index (χ3n) is 3.72. The summed E-state index contributed by atoms with van der Waals surface area (Å²) in [5.41, 5.74) is 0. The van der Waals surface area contributed by atoms with Gasteiger partial charge in [-0.3, -0.25) is 9.69 Å². The summed E-state index contributed by atoms with van der Waals surface area (Å²) in [6.07, 6.45) is 4.91. The van der Waals surface area contributed by atoms with Crippen molar-refractivity contribution in [2.45, 2.75) is 51.6 Å². The molecule has 1 aromatic heterocycles. The van der Waals surface area contributed by atoms with E-state index in [1.165, 1.54) is 8.66 Å². The Morgan fingerprint density at radius 3 is 2.80 bits per heavy atom. The average Bonchev–Trinajstić information content (AvgIpc) is 2.84. The van der Waals surface area contributed by atoms with Crippen LogP contribution in [0.2, 0.25) is 0 Å². The Morgan fingerprint density at radius 1 is 1.45 bits per heavy atom. The first kappa shape index (κ1) is 16.0. The molecule has 0 unspecified atom stereocenters. The smallest absolute Gasteiger partial charge is 0.220 e. The lowest BCUT2D eigenvalue weighted by Crippen LogP contribution is -2.44. The number of thiophene rings is 1. The van der Waals surface area contributed by atoms with Gasteiger partial charge in [0.15, 0.2) is 0 Å². The molecule has 3 nitrogen and oxygen atoms in total. The number of carbonyl (C=O) groups is 1. The summed E-state index contributed by atoms with van der Waals surface area (Å²) >= 11 is 5.31. The van der Waals surface area contributed by atoms with E-state index in [0.717, 1.165) is 45.3 Å². The second kappa shape index (κ2) is 8.15. The molecule has 1 aromatic rings. The van der Waals surface area contributed by atoms with Crippen LogP contribution >= 0.6 is 27.3 Å². The van der Waals surface area contributed by atoms with Crippen LogP contribution in [0.3, 0.4) is 0 Å². The zero-order valence-electron chi connectivity index (χ0n) is 12.0. The highest BCUT2D eigenvalue weighted by molar-refractivity contribution is 9.11. The minimum absolute atomic E-state index is 0.229. The van der Waals surface area contributed by atoms with Gasteiger partial charge < -0.3 is 5.32 Å². The zero-order chi connectivity index (χ0) is 14.4. The third-order valence-corrected chi connectivity index (χ3v) is 5.33. The molecule has 2 heterocycles. The van der Waals surface area contributed by atoms with Crippen LogP contribution in [0.15, 0.2) is 15.9 Å². The number of piperidine rings is 1. The Bertz CT molecular complexity index is 427. The fourth-order valence-electron chi connectivity index (χ4n) is 2.53. The van der Waals surface area contributed by atoms with E-state index in [-0.39, 0.29) is 5.91 Å². The van der Waals surface area contributed by atoms with Crippen molar-refractivity contribution in [1.82, 2.24) is 10.2 Å². The van der Waals surface area contributed by atoms with Gasteiger partial charge in [0.25, 0.3) is 0 Å². The van der Waals surface area contributed by atoms with Gasteiger partial charge in [-0.1, -0.05) is 13.3 Å². The summed E-state index contributed by atoms with van der Waals surface area (Å²) in [7, 11) is 0. The molecule has 0 aliphatic carbocycles. The number of nitrogens with one attached hydrogen (secondary N) is 1. The molecule has 0 atom stereocenters. The lowest BCUT2D eigenvalue weighted by molar-refractivity contribution is -0.122. The number of hydrogen-bond acceptors (Lipinski definition) is 3. The third kappa shape index (κ3) is 5.19. The molecule has 0 aromatic carbocycles. The summed E-state index contributed by atoms with van der Waals surface area (Å²) in [6.45, 7) is 5.31. The van der Waals surface area contributed by atoms with Gasteiger partial charge in [0.2, 0.25) is 5.91 Å². The van der Waals surface area contributed by atoms with Gasteiger partial charge in [-0.2, -0.15) is 0 Å². The van der Waals surface area contributed by atoms with Crippen molar-refractivity contribution in [2.75, 3.05) is 13.1 Å². The number of carbonyl (C=O) groups excluding carboxylic acids is 1. The molecule has 112 valence electrons. The minimum atomic E-state index is 0.229. The Labute approximate surface area is 133 Å². The maximum absolute atomic E-state index is 11.7. The number of rotatable bonds is 6. The van der Waals surface area contributed by atoms with E-state index in [1.807, 2.05) is 11.3 Å². The van der Waals surface area contributed by atoms with Crippen molar-refractivity contribution in [3.63, 3.8) is 0 Å². The van der Waals surface area contributed by atoms with Gasteiger partial charge in [-0.15, -0.1) is 11.3 Å². The Morgan fingerprint density at radius 2 is 2.20 bits per heavy atom. The van der Waals surface area contributed by atoms with Gasteiger partial charge in [0, 0.05) is 37.0 Å². The molecule has 0 radical (unpaired) electrons. The number of amides is 1. The van der Waals surface area contributed by atoms with Crippen LogP contribution in [0, 0.1) is 0 Å². The van der Waals surface area contributed by atoms with Crippen LogP contribution in [0.4, 0.5) is 0 Å². The lowest BCUT2D eigenvalue weighted by atomic mass is 10.0. The van der Waals surface area contributed by atoms with E-state index < -0.39 is 0 Å². The van der Waals surface area contributed by atoms with Crippen molar-refractivity contribution in [3.8, 4) is 0 Å². The number of hydrogen-bond donors (Lipinski definition) is 1. The molecule has 0 saturated carbocycles. The fourth-order valence-corrected chi connectivity index (χ4v) is 4.06. The molecule has 5 heteroatoms. The van der Waals surface area contributed by atoms with Crippen molar-refractivity contribution in [1.29, 1.82) is 0 Å². The predicted molar refractivity (Wildman–Crippen MR) is 88.0 cm³/mol. The number of halogens is 1. The fraction of sp³-hybridized carbons (Fsp3) is 0.667. The highest BCUT2D eigenvalue weighted by Gasteiger charge is 2.20. The van der Waals surface area contributed by atoms with E-state index in [2.05, 4.69) is 45.2 Å². The molecule has 1 N–H and O–H groups in total. The lowest BCUT2D eigenvalue weighted by Gasteiger charge is -2.32. The molecule has 1 aliphatic heterocycles. The van der Waals surface area contributed by atoms with Crippen LogP contribution in [0.1, 0.15) is 43.9 Å². The number of nitrogens with zero attached hydrogens (tertiary/aromatic N) is 1. The molecule has 0 spiro atoms. The highest BCUT2D eigenvalue weighted by atomic mass is 79.9. The standard InChI is InChI=1S/C15H23BrN2OS/c1-2-3-4-15(19)17-12-7-9-18(10-8-12)11-13-5-6-14(16)20-13/h5-6,12H,2-4,7-11H2,1H3,(H,17,19). The van der Waals surface area contributed by atoms with Crippen LogP contribution < -0.4 is 5.32 Å². The van der Waals surface area contributed by atoms with Crippen LogP contribution in [0.5, 0.6) is 0 Å². The summed E-state index contributed by atoms with van der Waals surface area (Å²) in [5, 5.41) is 3.17. The van der Waals surface area contributed by atoms with Crippen LogP contribution in [0.25, 0.3) is 0 Å². The second-order valence-corrected chi connectivity index (χ2v) is 7.97. The van der Waals surface area contributed by atoms with E-state index in [4.69, 9.17) is 0 Å². The SMILES string of the molecule is CCCCC(=O)NC1CCN(Cc2ccc(Br)s2)CC1. The Hall–Kier alpha value is -0.390. The first-order valence-electron chi connectivity index (χ1n) is 7.43. The maximum Gasteiger partial charge on any atom is 0.220 e. The average molecular weight is 359 g/mol. The number of unbranched alkanes of at least 4 members (excludes halogenated alkanes) is 1. The maximum atomic E-state index is 11.7. The molecular formula is C15H23BrN2OS. The number of likely N-dealkylation sites (tertiary alicyclic amines) is 1.